The fraction of sp³-hybridized carbons (Fsp3) is 0.842. The third-order valence-electron chi connectivity index (χ3n) is 4.25. The molecule has 1 amide bonds. The minimum absolute atomic E-state index is 0.278. The normalized spacial score (nSPS) is 12.4. The lowest BCUT2D eigenvalue weighted by molar-refractivity contribution is -0.205. The Bertz CT molecular complexity index is 469. The van der Waals surface area contributed by atoms with Crippen LogP contribution in [0.1, 0.15) is 84.0 Å². The highest BCUT2D eigenvalue weighted by atomic mass is 19.4. The van der Waals surface area contributed by atoms with Crippen molar-refractivity contribution in [3.8, 4) is 0 Å². The molecule has 0 saturated carbocycles. The van der Waals surface area contributed by atoms with E-state index in [0.717, 1.165) is 44.9 Å². The van der Waals surface area contributed by atoms with Crippen molar-refractivity contribution in [3.63, 3.8) is 0 Å². The van der Waals surface area contributed by atoms with E-state index in [4.69, 9.17) is 5.11 Å². The summed E-state index contributed by atoms with van der Waals surface area (Å²) in [7, 11) is 0. The number of carbonyl (C=O) groups is 3. The van der Waals surface area contributed by atoms with Crippen LogP contribution in [0.4, 0.5) is 13.2 Å². The molecule has 0 fully saturated rings. The zero-order valence-corrected chi connectivity index (χ0v) is 16.5. The maximum Gasteiger partial charge on any atom is 0.490 e. The summed E-state index contributed by atoms with van der Waals surface area (Å²) >= 11 is 0. The zero-order chi connectivity index (χ0) is 21.4. The Labute approximate surface area is 164 Å². The van der Waals surface area contributed by atoms with Crippen molar-refractivity contribution in [1.82, 2.24) is 5.32 Å². The lowest BCUT2D eigenvalue weighted by atomic mass is 10.0. The quantitative estimate of drug-likeness (QED) is 0.291. The number of carboxylic acids is 1. The zero-order valence-electron chi connectivity index (χ0n) is 16.5. The van der Waals surface area contributed by atoms with E-state index in [0.29, 0.717) is 25.7 Å². The summed E-state index contributed by atoms with van der Waals surface area (Å²) in [5.74, 6) is -3.48. The Morgan fingerprint density at radius 1 is 0.929 bits per heavy atom. The first-order valence-electron chi connectivity index (χ1n) is 9.93. The second kappa shape index (κ2) is 15.2. The van der Waals surface area contributed by atoms with E-state index < -0.39 is 24.2 Å². The molecule has 164 valence electrons. The van der Waals surface area contributed by atoms with Gasteiger partial charge < -0.3 is 15.2 Å². The number of halogens is 3. The summed E-state index contributed by atoms with van der Waals surface area (Å²) in [5, 5.41) is 10.7. The Kier molecular flexibility index (Phi) is 14.2. The van der Waals surface area contributed by atoms with E-state index >= 15 is 0 Å². The van der Waals surface area contributed by atoms with Crippen molar-refractivity contribution < 1.29 is 37.4 Å². The maximum absolute atomic E-state index is 12.4. The third-order valence-corrected chi connectivity index (χ3v) is 4.25. The van der Waals surface area contributed by atoms with E-state index in [9.17, 15) is 27.6 Å². The second-order valence-corrected chi connectivity index (χ2v) is 6.85. The van der Waals surface area contributed by atoms with Crippen molar-refractivity contribution in [3.05, 3.63) is 0 Å². The van der Waals surface area contributed by atoms with E-state index in [1.54, 1.807) is 0 Å². The monoisotopic (exact) mass is 411 g/mol. The molecule has 0 radical (unpaired) electrons. The number of amides is 1. The van der Waals surface area contributed by atoms with Gasteiger partial charge in [-0.2, -0.15) is 13.2 Å². The second-order valence-electron chi connectivity index (χ2n) is 6.85. The molecule has 0 aliphatic heterocycles. The van der Waals surface area contributed by atoms with E-state index in [-0.39, 0.29) is 18.9 Å². The maximum atomic E-state index is 12.4. The molecule has 0 aromatic rings. The lowest BCUT2D eigenvalue weighted by Gasteiger charge is -2.18. The summed E-state index contributed by atoms with van der Waals surface area (Å²) in [4.78, 5) is 32.7. The number of alkyl halides is 3. The van der Waals surface area contributed by atoms with Gasteiger partial charge in [-0.1, -0.05) is 45.4 Å². The van der Waals surface area contributed by atoms with Crippen LogP contribution in [0.5, 0.6) is 0 Å². The van der Waals surface area contributed by atoms with Gasteiger partial charge in [0.15, 0.2) is 0 Å². The van der Waals surface area contributed by atoms with Crippen LogP contribution in [0.25, 0.3) is 0 Å². The summed E-state index contributed by atoms with van der Waals surface area (Å²) in [6.45, 7) is 1.61. The average molecular weight is 411 g/mol. The molecule has 1 unspecified atom stereocenters. The number of esters is 1. The molecule has 0 heterocycles. The van der Waals surface area contributed by atoms with Gasteiger partial charge in [-0.3, -0.25) is 9.59 Å². The Hall–Kier alpha value is -1.80. The standard InChI is InChI=1S/C19H32F3NO5/c1-2-3-8-11-15(28-18(27)19(20,21)22)12-9-6-4-5-7-10-13-16(24)23-14-17(25)26/h15H,2-14H2,1H3,(H,23,24)(H,25,26). The van der Waals surface area contributed by atoms with Gasteiger partial charge in [-0.15, -0.1) is 0 Å². The van der Waals surface area contributed by atoms with Crippen LogP contribution in [0.3, 0.4) is 0 Å². The number of carbonyl (C=O) groups excluding carboxylic acids is 2. The summed E-state index contributed by atoms with van der Waals surface area (Å²) in [6, 6.07) is 0. The topological polar surface area (TPSA) is 92.7 Å². The van der Waals surface area contributed by atoms with Gasteiger partial charge in [0.25, 0.3) is 0 Å². The van der Waals surface area contributed by atoms with Crippen LogP contribution >= 0.6 is 0 Å². The van der Waals surface area contributed by atoms with E-state index in [1.807, 2.05) is 6.92 Å². The van der Waals surface area contributed by atoms with Crippen molar-refractivity contribution in [2.75, 3.05) is 6.54 Å². The average Bonchev–Trinajstić information content (AvgIpc) is 2.61. The number of rotatable bonds is 16. The highest BCUT2D eigenvalue weighted by Crippen LogP contribution is 2.22. The lowest BCUT2D eigenvalue weighted by Crippen LogP contribution is -2.30. The molecule has 28 heavy (non-hydrogen) atoms. The molecule has 0 spiro atoms. The van der Waals surface area contributed by atoms with Gasteiger partial charge in [0.05, 0.1) is 0 Å². The Balaban J connectivity index is 3.89. The molecule has 0 aromatic carbocycles. The van der Waals surface area contributed by atoms with Crippen molar-refractivity contribution >= 4 is 17.8 Å². The minimum atomic E-state index is -4.96. The Morgan fingerprint density at radius 2 is 1.46 bits per heavy atom. The van der Waals surface area contributed by atoms with Gasteiger partial charge in [-0.25, -0.2) is 4.79 Å². The van der Waals surface area contributed by atoms with Gasteiger partial charge >= 0.3 is 18.1 Å². The highest BCUT2D eigenvalue weighted by Gasteiger charge is 2.42. The molecule has 9 heteroatoms. The minimum Gasteiger partial charge on any atom is -0.480 e. The van der Waals surface area contributed by atoms with Crippen LogP contribution in [0, 0.1) is 0 Å². The molecule has 1 atom stereocenters. The van der Waals surface area contributed by atoms with Crippen molar-refractivity contribution in [1.29, 1.82) is 0 Å². The molecule has 0 aliphatic carbocycles. The van der Waals surface area contributed by atoms with Crippen LogP contribution in [-0.4, -0.2) is 41.8 Å². The molecule has 0 saturated heterocycles. The smallest absolute Gasteiger partial charge is 0.480 e. The molecular formula is C19H32F3NO5. The van der Waals surface area contributed by atoms with Gasteiger partial charge in [0.1, 0.15) is 12.6 Å². The van der Waals surface area contributed by atoms with Gasteiger partial charge in [-0.05, 0) is 32.1 Å². The third kappa shape index (κ3) is 15.3. The summed E-state index contributed by atoms with van der Waals surface area (Å²) in [6.07, 6.45) is 2.80. The summed E-state index contributed by atoms with van der Waals surface area (Å²) < 4.78 is 41.7. The molecule has 0 bridgehead atoms. The molecule has 0 aromatic heterocycles. The molecule has 2 N–H and O–H groups in total. The van der Waals surface area contributed by atoms with Crippen molar-refractivity contribution in [2.45, 2.75) is 96.3 Å². The first-order valence-corrected chi connectivity index (χ1v) is 9.93. The fourth-order valence-electron chi connectivity index (χ4n) is 2.73. The number of ether oxygens (including phenoxy) is 1. The van der Waals surface area contributed by atoms with Gasteiger partial charge in [0, 0.05) is 6.42 Å². The molecular weight excluding hydrogens is 379 g/mol. The molecule has 0 rings (SSSR count). The van der Waals surface area contributed by atoms with Gasteiger partial charge in [0.2, 0.25) is 5.91 Å². The van der Waals surface area contributed by atoms with Crippen LogP contribution < -0.4 is 5.32 Å². The Morgan fingerprint density at radius 3 is 2.00 bits per heavy atom. The SMILES string of the molecule is CCCCCC(CCCCCCCCC(=O)NCC(=O)O)OC(=O)C(F)(F)F. The predicted octanol–water partition coefficient (Wildman–Crippen LogP) is 4.36. The number of carboxylic acid groups (broad SMARTS) is 1. The van der Waals surface area contributed by atoms with E-state index in [2.05, 4.69) is 10.1 Å². The fourth-order valence-corrected chi connectivity index (χ4v) is 2.73. The highest BCUT2D eigenvalue weighted by molar-refractivity contribution is 5.80. The van der Waals surface area contributed by atoms with Crippen LogP contribution in [0.2, 0.25) is 0 Å². The van der Waals surface area contributed by atoms with Crippen LogP contribution in [-0.2, 0) is 19.1 Å². The molecule has 6 nitrogen and oxygen atoms in total. The first kappa shape index (κ1) is 26.2. The number of hydrogen-bond acceptors (Lipinski definition) is 4. The predicted molar refractivity (Wildman–Crippen MR) is 97.7 cm³/mol. The van der Waals surface area contributed by atoms with Crippen LogP contribution in [0.15, 0.2) is 0 Å². The number of nitrogens with one attached hydrogen (secondary N) is 1. The first-order chi connectivity index (χ1) is 13.2. The largest absolute Gasteiger partial charge is 0.490 e. The van der Waals surface area contributed by atoms with Crippen molar-refractivity contribution in [2.24, 2.45) is 0 Å². The number of unbranched alkanes of at least 4 members (excludes halogenated alkanes) is 7. The van der Waals surface area contributed by atoms with E-state index in [1.165, 1.54) is 0 Å². The number of hydrogen-bond donors (Lipinski definition) is 2. The summed E-state index contributed by atoms with van der Waals surface area (Å²) in [5.41, 5.74) is 0. The molecule has 0 aliphatic rings. The number of aliphatic carboxylic acids is 1.